The van der Waals surface area contributed by atoms with E-state index in [0.29, 0.717) is 17.9 Å². The molecule has 1 amide bonds. The first-order chi connectivity index (χ1) is 12.6. The number of allylic oxidation sites excluding steroid dienone is 2. The van der Waals surface area contributed by atoms with Crippen molar-refractivity contribution in [1.82, 2.24) is 9.80 Å². The molecule has 2 rings (SSSR count). The summed E-state index contributed by atoms with van der Waals surface area (Å²) >= 11 is 5.67. The van der Waals surface area contributed by atoms with E-state index in [0.717, 1.165) is 12.6 Å². The zero-order chi connectivity index (χ0) is 20.2. The number of amides is 1. The molecule has 0 radical (unpaired) electrons. The summed E-state index contributed by atoms with van der Waals surface area (Å²) in [5.41, 5.74) is -0.566. The average molecular weight is 403 g/mol. The average Bonchev–Trinajstić information content (AvgIpc) is 2.60. The molecule has 1 aromatic carbocycles. The fourth-order valence-electron chi connectivity index (χ4n) is 2.59. The molecule has 0 saturated heterocycles. The number of benzene rings is 1. The van der Waals surface area contributed by atoms with Crippen LogP contribution < -0.4 is 4.74 Å². The van der Waals surface area contributed by atoms with Gasteiger partial charge in [0, 0.05) is 24.2 Å². The smallest absolute Gasteiger partial charge is 0.417 e. The van der Waals surface area contributed by atoms with Gasteiger partial charge in [0.2, 0.25) is 0 Å². The zero-order valence-electron chi connectivity index (χ0n) is 15.4. The number of halogens is 4. The Morgan fingerprint density at radius 3 is 2.63 bits per heavy atom. The molecule has 1 aliphatic rings. The van der Waals surface area contributed by atoms with Crippen LogP contribution in [0.25, 0.3) is 0 Å². The lowest BCUT2D eigenvalue weighted by atomic mass is 10.00. The fraction of sp³-hybridized carbons (Fsp3) is 0.421. The second-order valence-corrected chi connectivity index (χ2v) is 6.94. The minimum Gasteiger partial charge on any atom is -0.492 e. The van der Waals surface area contributed by atoms with Crippen LogP contribution in [0.3, 0.4) is 0 Å². The molecule has 0 spiro atoms. The van der Waals surface area contributed by atoms with Crippen molar-refractivity contribution < 1.29 is 22.7 Å². The van der Waals surface area contributed by atoms with Crippen molar-refractivity contribution in [3.63, 3.8) is 0 Å². The Labute approximate surface area is 161 Å². The maximum Gasteiger partial charge on any atom is 0.417 e. The number of likely N-dealkylation sites (N-methyl/N-ethyl adjacent to an activating group) is 2. The van der Waals surface area contributed by atoms with Crippen molar-refractivity contribution >= 4 is 17.5 Å². The Hall–Kier alpha value is -1.99. The zero-order valence-corrected chi connectivity index (χ0v) is 16.1. The molecule has 0 saturated carbocycles. The van der Waals surface area contributed by atoms with Gasteiger partial charge >= 0.3 is 6.18 Å². The van der Waals surface area contributed by atoms with Crippen molar-refractivity contribution in [1.29, 1.82) is 0 Å². The molecule has 0 N–H and O–H groups in total. The molecule has 8 heteroatoms. The molecule has 0 fully saturated rings. The Kier molecular flexibility index (Phi) is 6.95. The summed E-state index contributed by atoms with van der Waals surface area (Å²) in [6, 6.07) is 5.89. The molecular formula is C19H22ClF3N2O2. The van der Waals surface area contributed by atoms with Crippen molar-refractivity contribution in [3.8, 4) is 5.75 Å². The van der Waals surface area contributed by atoms with E-state index >= 15 is 0 Å². The third-order valence-electron chi connectivity index (χ3n) is 4.17. The van der Waals surface area contributed by atoms with E-state index in [1.807, 2.05) is 19.0 Å². The first kappa shape index (κ1) is 21.3. The number of alkyl halides is 3. The monoisotopic (exact) mass is 402 g/mol. The van der Waals surface area contributed by atoms with E-state index in [9.17, 15) is 18.0 Å². The lowest BCUT2D eigenvalue weighted by Gasteiger charge is -2.29. The highest BCUT2D eigenvalue weighted by Gasteiger charge is 2.38. The predicted molar refractivity (Wildman–Crippen MR) is 99.1 cm³/mol. The number of nitrogens with zero attached hydrogens (tertiary/aromatic N) is 2. The SMILES string of the molecule is CN(C)CCOc1cccc(C(=O)N(C)C2C=C(C(F)(F)F)C(Cl)=CC2)c1. The molecule has 0 aromatic heterocycles. The molecule has 1 aromatic rings. The third kappa shape index (κ3) is 5.74. The maximum atomic E-state index is 13.1. The van der Waals surface area contributed by atoms with Crippen LogP contribution in [0.5, 0.6) is 5.75 Å². The number of ether oxygens (including phenoxy) is 1. The second-order valence-electron chi connectivity index (χ2n) is 6.53. The summed E-state index contributed by atoms with van der Waals surface area (Å²) in [5, 5.41) is -0.337. The summed E-state index contributed by atoms with van der Waals surface area (Å²) in [7, 11) is 5.32. The van der Waals surface area contributed by atoms with Crippen molar-refractivity contribution in [2.75, 3.05) is 34.3 Å². The van der Waals surface area contributed by atoms with Gasteiger partial charge in [-0.2, -0.15) is 13.2 Å². The van der Waals surface area contributed by atoms with Gasteiger partial charge in [-0.25, -0.2) is 0 Å². The fourth-order valence-corrected chi connectivity index (χ4v) is 2.85. The van der Waals surface area contributed by atoms with Crippen LogP contribution in [0.15, 0.2) is 47.0 Å². The van der Waals surface area contributed by atoms with E-state index in [-0.39, 0.29) is 17.4 Å². The Balaban J connectivity index is 2.12. The van der Waals surface area contributed by atoms with Gasteiger partial charge in [0.25, 0.3) is 5.91 Å². The number of rotatable bonds is 6. The van der Waals surface area contributed by atoms with Crippen molar-refractivity contribution in [3.05, 3.63) is 52.6 Å². The lowest BCUT2D eigenvalue weighted by Crippen LogP contribution is -2.37. The van der Waals surface area contributed by atoms with E-state index in [4.69, 9.17) is 16.3 Å². The molecule has 27 heavy (non-hydrogen) atoms. The number of hydrogen-bond acceptors (Lipinski definition) is 3. The summed E-state index contributed by atoms with van der Waals surface area (Å²) in [4.78, 5) is 16.0. The molecule has 1 unspecified atom stereocenters. The molecule has 4 nitrogen and oxygen atoms in total. The maximum absolute atomic E-state index is 13.1. The summed E-state index contributed by atoms with van der Waals surface area (Å²) in [6.45, 7) is 1.18. The van der Waals surface area contributed by atoms with Crippen LogP contribution in [0.1, 0.15) is 16.8 Å². The summed E-state index contributed by atoms with van der Waals surface area (Å²) < 4.78 is 44.8. The topological polar surface area (TPSA) is 32.8 Å². The molecule has 0 bridgehead atoms. The Morgan fingerprint density at radius 2 is 2.00 bits per heavy atom. The third-order valence-corrected chi connectivity index (χ3v) is 4.52. The van der Waals surface area contributed by atoms with Gasteiger partial charge in [0.15, 0.2) is 0 Å². The van der Waals surface area contributed by atoms with Crippen LogP contribution >= 0.6 is 11.6 Å². The molecular weight excluding hydrogens is 381 g/mol. The van der Waals surface area contributed by atoms with Crippen LogP contribution in [0, 0.1) is 0 Å². The minimum absolute atomic E-state index is 0.222. The van der Waals surface area contributed by atoms with E-state index < -0.39 is 17.8 Å². The quantitative estimate of drug-likeness (QED) is 0.718. The summed E-state index contributed by atoms with van der Waals surface area (Å²) in [5.74, 6) is 0.150. The number of hydrogen-bond donors (Lipinski definition) is 0. The highest BCUT2D eigenvalue weighted by atomic mass is 35.5. The van der Waals surface area contributed by atoms with Gasteiger partial charge in [-0.3, -0.25) is 4.79 Å². The highest BCUT2D eigenvalue weighted by molar-refractivity contribution is 6.32. The minimum atomic E-state index is -4.56. The van der Waals surface area contributed by atoms with E-state index in [1.165, 1.54) is 18.0 Å². The Bertz CT molecular complexity index is 745. The molecule has 0 aliphatic heterocycles. The van der Waals surface area contributed by atoms with E-state index in [2.05, 4.69) is 0 Å². The molecule has 1 aliphatic carbocycles. The predicted octanol–water partition coefficient (Wildman–Crippen LogP) is 4.08. The van der Waals surface area contributed by atoms with Gasteiger partial charge in [0.1, 0.15) is 12.4 Å². The number of carbonyl (C=O) groups excluding carboxylic acids is 1. The van der Waals surface area contributed by atoms with Crippen LogP contribution in [0.4, 0.5) is 13.2 Å². The second kappa shape index (κ2) is 8.80. The van der Waals surface area contributed by atoms with Gasteiger partial charge in [-0.15, -0.1) is 0 Å². The standard InChI is InChI=1S/C19H22ClF3N2O2/c1-24(2)9-10-27-15-6-4-5-13(11-15)18(26)25(3)14-7-8-17(20)16(12-14)19(21,22)23/h4-6,8,11-12,14H,7,9-10H2,1-3H3. The van der Waals surface area contributed by atoms with Crippen molar-refractivity contribution in [2.24, 2.45) is 0 Å². The molecule has 148 valence electrons. The largest absolute Gasteiger partial charge is 0.492 e. The van der Waals surface area contributed by atoms with Gasteiger partial charge in [0.05, 0.1) is 11.6 Å². The van der Waals surface area contributed by atoms with E-state index in [1.54, 1.807) is 24.3 Å². The molecule has 0 heterocycles. The van der Waals surface area contributed by atoms with Gasteiger partial charge in [-0.1, -0.05) is 23.7 Å². The van der Waals surface area contributed by atoms with Crippen molar-refractivity contribution in [2.45, 2.75) is 18.6 Å². The lowest BCUT2D eigenvalue weighted by molar-refractivity contribution is -0.0894. The Morgan fingerprint density at radius 1 is 1.30 bits per heavy atom. The van der Waals surface area contributed by atoms with Gasteiger partial charge in [-0.05, 0) is 44.8 Å². The summed E-state index contributed by atoms with van der Waals surface area (Å²) in [6.07, 6.45) is -2.05. The van der Waals surface area contributed by atoms with Gasteiger partial charge < -0.3 is 14.5 Å². The van der Waals surface area contributed by atoms with Crippen LogP contribution in [-0.2, 0) is 0 Å². The first-order valence-electron chi connectivity index (χ1n) is 8.39. The normalized spacial score (nSPS) is 17.4. The number of carbonyl (C=O) groups is 1. The first-order valence-corrected chi connectivity index (χ1v) is 8.77. The highest BCUT2D eigenvalue weighted by Crippen LogP contribution is 2.37. The van der Waals surface area contributed by atoms with Crippen LogP contribution in [0.2, 0.25) is 0 Å². The molecule has 1 atom stereocenters. The van der Waals surface area contributed by atoms with Crippen LogP contribution in [-0.4, -0.2) is 62.2 Å².